The lowest BCUT2D eigenvalue weighted by Crippen LogP contribution is -2.32. The molecule has 1 aliphatic rings. The average molecular weight is 432 g/mol. The second kappa shape index (κ2) is 10.9. The Bertz CT molecular complexity index is 842. The summed E-state index contributed by atoms with van der Waals surface area (Å²) in [4.78, 5) is 15.4. The van der Waals surface area contributed by atoms with Gasteiger partial charge in [-0.2, -0.15) is 0 Å². The van der Waals surface area contributed by atoms with Crippen LogP contribution in [0.5, 0.6) is 0 Å². The van der Waals surface area contributed by atoms with Crippen LogP contribution in [-0.2, 0) is 24.3 Å². The zero-order chi connectivity index (χ0) is 22.4. The molecule has 0 bridgehead atoms. The highest BCUT2D eigenvalue weighted by Gasteiger charge is 2.27. The van der Waals surface area contributed by atoms with Crippen LogP contribution in [0.2, 0.25) is 0 Å². The molecular weight excluding hydrogens is 394 g/mol. The number of ether oxygens (including phenoxy) is 1. The van der Waals surface area contributed by atoms with E-state index in [0.717, 1.165) is 50.7 Å². The predicted octanol–water partition coefficient (Wildman–Crippen LogP) is 3.44. The third-order valence-electron chi connectivity index (χ3n) is 5.67. The van der Waals surface area contributed by atoms with E-state index in [-0.39, 0.29) is 17.7 Å². The first kappa shape index (κ1) is 23.5. The lowest BCUT2D eigenvalue weighted by atomic mass is 10.0. The number of carbonyl (C=O) groups excluding carboxylic acids is 1. The highest BCUT2D eigenvalue weighted by atomic mass is 16.5. The van der Waals surface area contributed by atoms with Crippen molar-refractivity contribution in [2.24, 2.45) is 11.8 Å². The molecule has 1 N–H and O–H groups in total. The summed E-state index contributed by atoms with van der Waals surface area (Å²) < 4.78 is 12.9. The molecule has 2 aromatic heterocycles. The Labute approximate surface area is 185 Å². The molecule has 0 unspecified atom stereocenters. The number of nitrogens with zero attached hydrogens (tertiary/aromatic N) is 4. The van der Waals surface area contributed by atoms with Gasteiger partial charge in [-0.05, 0) is 43.4 Å². The lowest BCUT2D eigenvalue weighted by molar-refractivity contribution is 0.0892. The Hall–Kier alpha value is -2.19. The van der Waals surface area contributed by atoms with Crippen LogP contribution in [0.3, 0.4) is 0 Å². The largest absolute Gasteiger partial charge is 0.453 e. The maximum Gasteiger partial charge on any atom is 0.287 e. The summed E-state index contributed by atoms with van der Waals surface area (Å²) in [7, 11) is 1.60. The van der Waals surface area contributed by atoms with Gasteiger partial charge in [0.15, 0.2) is 11.6 Å². The zero-order valence-corrected chi connectivity index (χ0v) is 19.6. The van der Waals surface area contributed by atoms with Crippen LogP contribution in [-0.4, -0.2) is 52.3 Å². The molecular formula is C23H37N5O3. The molecule has 2 aromatic rings. The minimum Gasteiger partial charge on any atom is -0.453 e. The molecule has 8 nitrogen and oxygen atoms in total. The number of rotatable bonds is 10. The molecule has 0 aliphatic carbocycles. The Kier molecular flexibility index (Phi) is 8.26. The number of furan rings is 1. The summed E-state index contributed by atoms with van der Waals surface area (Å²) in [6.45, 7) is 13.1. The maximum atomic E-state index is 12.9. The van der Waals surface area contributed by atoms with Gasteiger partial charge in [0.25, 0.3) is 5.91 Å². The van der Waals surface area contributed by atoms with Crippen LogP contribution in [0.4, 0.5) is 0 Å². The third-order valence-corrected chi connectivity index (χ3v) is 5.67. The molecule has 31 heavy (non-hydrogen) atoms. The SMILES string of the molecule is COCc1ccc(C(=O)N[C@@H](CC(C)C)c2nnc3n2CCN(CCC(C)C)CC3)o1. The number of fused-ring (bicyclic) bond motifs is 1. The molecule has 1 aliphatic heterocycles. The first-order valence-electron chi connectivity index (χ1n) is 11.4. The summed E-state index contributed by atoms with van der Waals surface area (Å²) in [6.07, 6.45) is 2.87. The number of hydrogen-bond donors (Lipinski definition) is 1. The number of methoxy groups -OCH3 is 1. The van der Waals surface area contributed by atoms with Crippen LogP contribution >= 0.6 is 0 Å². The van der Waals surface area contributed by atoms with E-state index in [0.29, 0.717) is 24.2 Å². The van der Waals surface area contributed by atoms with Crippen LogP contribution in [0.1, 0.15) is 74.5 Å². The van der Waals surface area contributed by atoms with Gasteiger partial charge in [0.05, 0.1) is 6.04 Å². The normalized spacial score (nSPS) is 15.8. The number of amides is 1. The van der Waals surface area contributed by atoms with Crippen molar-refractivity contribution in [3.05, 3.63) is 35.3 Å². The van der Waals surface area contributed by atoms with Crippen molar-refractivity contribution in [2.75, 3.05) is 26.7 Å². The topological polar surface area (TPSA) is 85.4 Å². The van der Waals surface area contributed by atoms with Gasteiger partial charge in [0.2, 0.25) is 0 Å². The lowest BCUT2D eigenvalue weighted by Gasteiger charge is -2.22. The monoisotopic (exact) mass is 431 g/mol. The molecule has 0 aromatic carbocycles. The molecule has 0 spiro atoms. The minimum absolute atomic E-state index is 0.216. The van der Waals surface area contributed by atoms with Gasteiger partial charge in [-0.25, -0.2) is 0 Å². The van der Waals surface area contributed by atoms with Gasteiger partial charge < -0.3 is 23.9 Å². The quantitative estimate of drug-likeness (QED) is 0.620. The Balaban J connectivity index is 1.73. The highest BCUT2D eigenvalue weighted by Crippen LogP contribution is 2.23. The van der Waals surface area contributed by atoms with E-state index in [1.807, 2.05) is 0 Å². The van der Waals surface area contributed by atoms with E-state index in [1.54, 1.807) is 19.2 Å². The molecule has 172 valence electrons. The number of carbonyl (C=O) groups is 1. The van der Waals surface area contributed by atoms with Crippen molar-refractivity contribution in [3.8, 4) is 0 Å². The fraction of sp³-hybridized carbons (Fsp3) is 0.696. The molecule has 8 heteroatoms. The number of aromatic nitrogens is 3. The Morgan fingerprint density at radius 2 is 1.97 bits per heavy atom. The highest BCUT2D eigenvalue weighted by molar-refractivity contribution is 5.91. The molecule has 1 amide bonds. The fourth-order valence-electron chi connectivity index (χ4n) is 3.96. The summed E-state index contributed by atoms with van der Waals surface area (Å²) in [5, 5.41) is 12.1. The Morgan fingerprint density at radius 1 is 1.16 bits per heavy atom. The van der Waals surface area contributed by atoms with Crippen molar-refractivity contribution in [3.63, 3.8) is 0 Å². The van der Waals surface area contributed by atoms with E-state index in [4.69, 9.17) is 9.15 Å². The van der Waals surface area contributed by atoms with E-state index < -0.39 is 0 Å². The minimum atomic E-state index is -0.238. The first-order chi connectivity index (χ1) is 14.9. The second-order valence-electron chi connectivity index (χ2n) is 9.25. The van der Waals surface area contributed by atoms with Gasteiger partial charge >= 0.3 is 0 Å². The van der Waals surface area contributed by atoms with Crippen molar-refractivity contribution >= 4 is 5.91 Å². The Morgan fingerprint density at radius 3 is 2.68 bits per heavy atom. The second-order valence-corrected chi connectivity index (χ2v) is 9.25. The van der Waals surface area contributed by atoms with Crippen molar-refractivity contribution in [2.45, 2.75) is 66.2 Å². The smallest absolute Gasteiger partial charge is 0.287 e. The average Bonchev–Trinajstić information content (AvgIpc) is 3.29. The molecule has 1 atom stereocenters. The van der Waals surface area contributed by atoms with Gasteiger partial charge in [-0.3, -0.25) is 4.79 Å². The van der Waals surface area contributed by atoms with Crippen LogP contribution in [0, 0.1) is 11.8 Å². The van der Waals surface area contributed by atoms with Gasteiger partial charge in [0.1, 0.15) is 18.2 Å². The van der Waals surface area contributed by atoms with Crippen LogP contribution in [0.25, 0.3) is 0 Å². The number of hydrogen-bond acceptors (Lipinski definition) is 6. The van der Waals surface area contributed by atoms with Crippen LogP contribution < -0.4 is 5.32 Å². The fourth-order valence-corrected chi connectivity index (χ4v) is 3.96. The molecule has 0 saturated heterocycles. The van der Waals surface area contributed by atoms with E-state index in [2.05, 4.69) is 52.7 Å². The molecule has 0 radical (unpaired) electrons. The summed E-state index contributed by atoms with van der Waals surface area (Å²) in [6, 6.07) is 3.24. The van der Waals surface area contributed by atoms with Gasteiger partial charge in [-0.1, -0.05) is 27.7 Å². The molecule has 0 fully saturated rings. The first-order valence-corrected chi connectivity index (χ1v) is 11.4. The van der Waals surface area contributed by atoms with Crippen LogP contribution in [0.15, 0.2) is 16.5 Å². The summed E-state index contributed by atoms with van der Waals surface area (Å²) in [5.74, 6) is 3.62. The molecule has 3 rings (SSSR count). The predicted molar refractivity (Wildman–Crippen MR) is 119 cm³/mol. The van der Waals surface area contributed by atoms with Crippen molar-refractivity contribution in [1.29, 1.82) is 0 Å². The zero-order valence-electron chi connectivity index (χ0n) is 19.6. The maximum absolute atomic E-state index is 12.9. The van der Waals surface area contributed by atoms with E-state index in [9.17, 15) is 4.79 Å². The van der Waals surface area contributed by atoms with E-state index in [1.165, 1.54) is 6.42 Å². The van der Waals surface area contributed by atoms with E-state index >= 15 is 0 Å². The number of nitrogens with one attached hydrogen (secondary N) is 1. The summed E-state index contributed by atoms with van der Waals surface area (Å²) >= 11 is 0. The molecule has 0 saturated carbocycles. The van der Waals surface area contributed by atoms with Crippen molar-refractivity contribution in [1.82, 2.24) is 25.0 Å². The van der Waals surface area contributed by atoms with Gasteiger partial charge in [0, 0.05) is 33.2 Å². The standard InChI is InChI=1S/C23H37N5O3/c1-16(2)8-10-27-11-9-21-25-26-22(28(21)13-12-27)19(14-17(3)4)24-23(29)20-7-6-18(31-20)15-30-5/h6-7,16-17,19H,8-15H2,1-5H3,(H,24,29)/t19-/m0/s1. The molecule has 3 heterocycles. The summed E-state index contributed by atoms with van der Waals surface area (Å²) in [5.41, 5.74) is 0. The third kappa shape index (κ3) is 6.40. The van der Waals surface area contributed by atoms with Crippen molar-refractivity contribution < 1.29 is 13.9 Å². The van der Waals surface area contributed by atoms with Gasteiger partial charge in [-0.15, -0.1) is 10.2 Å².